The molecule has 0 radical (unpaired) electrons. The summed E-state index contributed by atoms with van der Waals surface area (Å²) in [5.41, 5.74) is 8.85. The Labute approximate surface area is 296 Å². The number of nitrogens with two attached hydrogens (primary N) is 1. The molecule has 0 amide bonds. The summed E-state index contributed by atoms with van der Waals surface area (Å²) in [5, 5.41) is 2.26. The second-order valence-corrected chi connectivity index (χ2v) is 11.8. The minimum Gasteiger partial charge on any atom is -0.489 e. The van der Waals surface area contributed by atoms with Crippen molar-refractivity contribution in [2.75, 3.05) is 26.4 Å². The van der Waals surface area contributed by atoms with Crippen molar-refractivity contribution in [2.24, 2.45) is 0 Å². The molecule has 5 aliphatic rings. The van der Waals surface area contributed by atoms with Gasteiger partial charge in [0.05, 0.1) is 39.6 Å². The number of hydrogen-bond acceptors (Lipinski definition) is 5. The molecule has 5 aromatic carbocycles. The molecule has 0 aromatic heterocycles. The fraction of sp³-hybridized carbons (Fsp3) is 0.227. The lowest BCUT2D eigenvalue weighted by atomic mass is 10.1. The maximum absolute atomic E-state index is 5.90. The van der Waals surface area contributed by atoms with Crippen LogP contribution >= 0.6 is 0 Å². The van der Waals surface area contributed by atoms with E-state index in [1.54, 1.807) is 0 Å². The smallest absolute Gasteiger partial charge is 0.119 e. The molecule has 0 spiro atoms. The summed E-state index contributed by atoms with van der Waals surface area (Å²) < 4.78 is 28.7. The lowest BCUT2D eigenvalue weighted by Gasteiger charge is -2.10. The van der Waals surface area contributed by atoms with Gasteiger partial charge in [-0.2, -0.15) is 0 Å². The van der Waals surface area contributed by atoms with Crippen LogP contribution in [-0.4, -0.2) is 26.4 Å². The molecule has 5 aromatic rings. The number of ether oxygens (including phenoxy) is 5. The van der Waals surface area contributed by atoms with E-state index < -0.39 is 0 Å². The van der Waals surface area contributed by atoms with Gasteiger partial charge in [0.15, 0.2) is 0 Å². The summed E-state index contributed by atoms with van der Waals surface area (Å²) in [6.45, 7) is 6.26. The van der Waals surface area contributed by atoms with Crippen molar-refractivity contribution >= 4 is 0 Å². The average molecular weight is 667 g/mol. The van der Waals surface area contributed by atoms with Crippen LogP contribution in [0.25, 0.3) is 0 Å². The molecule has 10 rings (SSSR count). The van der Waals surface area contributed by atoms with Crippen LogP contribution in [0.5, 0.6) is 11.5 Å². The molecule has 0 saturated carbocycles. The Morgan fingerprint density at radius 3 is 1.14 bits per heavy atom. The summed E-state index contributed by atoms with van der Waals surface area (Å²) in [5.74, 6) is 6.92. The monoisotopic (exact) mass is 666 g/mol. The van der Waals surface area contributed by atoms with E-state index in [1.807, 2.05) is 72.8 Å². The molecular weight excluding hydrogens is 622 g/mol. The van der Waals surface area contributed by atoms with E-state index in [-0.39, 0.29) is 0 Å². The molecule has 5 heterocycles. The highest BCUT2D eigenvalue weighted by Crippen LogP contribution is 2.18. The number of hydrogen-bond donors (Lipinski definition) is 1. The maximum Gasteiger partial charge on any atom is 0.119 e. The van der Waals surface area contributed by atoms with E-state index >= 15 is 0 Å². The molecule has 6 heteroatoms. The van der Waals surface area contributed by atoms with Crippen molar-refractivity contribution in [2.45, 2.75) is 39.5 Å². The van der Waals surface area contributed by atoms with Crippen molar-refractivity contribution < 1.29 is 29.0 Å². The van der Waals surface area contributed by atoms with Gasteiger partial charge in [0.1, 0.15) is 37.8 Å². The summed E-state index contributed by atoms with van der Waals surface area (Å²) in [4.78, 5) is 0. The minimum atomic E-state index is 0.526. The van der Waals surface area contributed by atoms with Crippen LogP contribution in [0.4, 0.5) is 0 Å². The topological polar surface area (TPSA) is 62.8 Å². The Hall–Kier alpha value is -5.34. The zero-order valence-corrected chi connectivity index (χ0v) is 28.4. The predicted molar refractivity (Wildman–Crippen MR) is 196 cm³/mol. The second-order valence-electron chi connectivity index (χ2n) is 11.8. The van der Waals surface area contributed by atoms with Crippen molar-refractivity contribution in [3.8, 4) is 36.2 Å². The highest BCUT2D eigenvalue weighted by atomic mass is 16.5. The van der Waals surface area contributed by atoms with Gasteiger partial charge >= 0.3 is 0 Å². The predicted octanol–water partition coefficient (Wildman–Crippen LogP) is 6.82. The molecule has 0 atom stereocenters. The van der Waals surface area contributed by atoms with Gasteiger partial charge in [0.25, 0.3) is 0 Å². The van der Waals surface area contributed by atoms with Crippen LogP contribution < -0.4 is 14.8 Å². The van der Waals surface area contributed by atoms with Gasteiger partial charge in [0.2, 0.25) is 0 Å². The first-order valence-electron chi connectivity index (χ1n) is 16.8. The molecule has 5 aliphatic heterocycles. The third kappa shape index (κ3) is 12.6. The molecule has 0 saturated heterocycles. The van der Waals surface area contributed by atoms with Crippen molar-refractivity contribution in [1.29, 1.82) is 0 Å². The fourth-order valence-corrected chi connectivity index (χ4v) is 5.03. The van der Waals surface area contributed by atoms with Crippen molar-refractivity contribution in [3.63, 3.8) is 0 Å². The lowest BCUT2D eigenvalue weighted by Crippen LogP contribution is -2.80. The van der Waals surface area contributed by atoms with E-state index in [2.05, 4.69) is 65.7 Å². The van der Waals surface area contributed by atoms with Crippen LogP contribution in [0.2, 0.25) is 0 Å². The molecule has 6 bridgehead atoms. The average Bonchev–Trinajstić information content (AvgIpc) is 3.17. The Morgan fingerprint density at radius 1 is 0.420 bits per heavy atom. The number of fused-ring (bicyclic) bond motifs is 1. The zero-order valence-electron chi connectivity index (χ0n) is 28.4. The van der Waals surface area contributed by atoms with Gasteiger partial charge in [-0.15, -0.1) is 12.8 Å². The standard InChI is InChI=1S/C26H28O5.C18H15N/c1-2-24-4-3-23(1)19-30-25-9-5-21(6-10-25)17-28-15-13-27-14-16-29-18-22-7-11-26(12-8-22)31-20-24;1-3-15-5-9-17(10-6-15)13-19-14-18-11-7-16(4-2)8-12-18/h1-12H,13-20H2;1-2,5-12,19H,13-14H2/p+1. The molecule has 0 fully saturated rings. The number of rotatable bonds is 4. The zero-order chi connectivity index (χ0) is 34.6. The second kappa shape index (κ2) is 20.2. The van der Waals surface area contributed by atoms with Gasteiger partial charge in [-0.1, -0.05) is 84.6 Å². The molecule has 50 heavy (non-hydrogen) atoms. The third-order valence-corrected chi connectivity index (χ3v) is 7.96. The Morgan fingerprint density at radius 2 is 0.760 bits per heavy atom. The van der Waals surface area contributed by atoms with Gasteiger partial charge in [-0.25, -0.2) is 0 Å². The number of quaternary nitrogens is 1. The van der Waals surface area contributed by atoms with Crippen LogP contribution in [0.3, 0.4) is 0 Å². The molecular formula is C44H44NO5+. The summed E-state index contributed by atoms with van der Waals surface area (Å²) >= 11 is 0. The first kappa shape index (κ1) is 36.0. The minimum absolute atomic E-state index is 0.526. The van der Waals surface area contributed by atoms with Gasteiger partial charge in [-0.3, -0.25) is 0 Å². The van der Waals surface area contributed by atoms with Crippen LogP contribution in [0.15, 0.2) is 121 Å². The van der Waals surface area contributed by atoms with Crippen LogP contribution in [0, 0.1) is 24.7 Å². The van der Waals surface area contributed by atoms with Crippen molar-refractivity contribution in [1.82, 2.24) is 0 Å². The van der Waals surface area contributed by atoms with Crippen LogP contribution in [-0.2, 0) is 53.7 Å². The van der Waals surface area contributed by atoms with E-state index in [0.29, 0.717) is 52.9 Å². The number of terminal acetylenes is 2. The van der Waals surface area contributed by atoms with Crippen molar-refractivity contribution in [3.05, 3.63) is 166 Å². The quantitative estimate of drug-likeness (QED) is 0.214. The Balaban J connectivity index is 0.000000219. The molecule has 0 unspecified atom stereocenters. The number of benzene rings is 5. The summed E-state index contributed by atoms with van der Waals surface area (Å²) in [7, 11) is 0. The molecule has 2 N–H and O–H groups in total. The van der Waals surface area contributed by atoms with E-state index in [4.69, 9.17) is 36.5 Å². The van der Waals surface area contributed by atoms with E-state index in [9.17, 15) is 0 Å². The Kier molecular flexibility index (Phi) is 14.6. The van der Waals surface area contributed by atoms with Gasteiger partial charge < -0.3 is 29.0 Å². The highest BCUT2D eigenvalue weighted by molar-refractivity contribution is 5.35. The fourth-order valence-electron chi connectivity index (χ4n) is 5.03. The molecule has 0 aliphatic carbocycles. The van der Waals surface area contributed by atoms with E-state index in [0.717, 1.165) is 58.0 Å². The summed E-state index contributed by atoms with van der Waals surface area (Å²) in [6.07, 6.45) is 10.7. The van der Waals surface area contributed by atoms with E-state index in [1.165, 1.54) is 11.1 Å². The largest absolute Gasteiger partial charge is 0.489 e. The lowest BCUT2D eigenvalue weighted by molar-refractivity contribution is -0.686. The first-order valence-corrected chi connectivity index (χ1v) is 16.8. The van der Waals surface area contributed by atoms with Gasteiger partial charge in [-0.05, 0) is 70.8 Å². The molecule has 254 valence electrons. The van der Waals surface area contributed by atoms with Gasteiger partial charge in [0, 0.05) is 22.3 Å². The third-order valence-electron chi connectivity index (χ3n) is 7.96. The summed E-state index contributed by atoms with van der Waals surface area (Å²) in [6, 6.07) is 40.5. The molecule has 6 nitrogen and oxygen atoms in total. The maximum atomic E-state index is 5.90. The Bertz CT molecular complexity index is 1650. The first-order chi connectivity index (χ1) is 24.7. The van der Waals surface area contributed by atoms with Crippen LogP contribution in [0.1, 0.15) is 44.5 Å². The highest BCUT2D eigenvalue weighted by Gasteiger charge is 2.03. The normalized spacial score (nSPS) is 13.6. The SMILES string of the molecule is C#Cc1ccc(C[NH2+]Cc2ccc(C#C)cc2)cc1.c1cc2ccc1COCCOCCOCc1ccc(cc1)OCc1ccc(cc1)CO2.